The quantitative estimate of drug-likeness (QED) is 0.853. The second-order valence-electron chi connectivity index (χ2n) is 4.94. The van der Waals surface area contributed by atoms with E-state index in [0.29, 0.717) is 16.3 Å². The van der Waals surface area contributed by atoms with E-state index < -0.39 is 22.5 Å². The Hall–Kier alpha value is -1.90. The number of carbonyl (C=O) groups excluding carboxylic acids is 1. The SMILES string of the molecule is Cc1noc(C)c1S(=O)(=O)NCC(=O)Nc1cccc(Cl)c1C. The number of carbonyl (C=O) groups is 1. The van der Waals surface area contributed by atoms with Gasteiger partial charge in [-0.3, -0.25) is 4.79 Å². The normalized spacial score (nSPS) is 11.5. The van der Waals surface area contributed by atoms with Gasteiger partial charge in [0.05, 0.1) is 6.54 Å². The van der Waals surface area contributed by atoms with Crippen molar-refractivity contribution in [2.45, 2.75) is 25.7 Å². The van der Waals surface area contributed by atoms with Gasteiger partial charge >= 0.3 is 0 Å². The van der Waals surface area contributed by atoms with Crippen LogP contribution < -0.4 is 10.0 Å². The molecule has 0 bridgehead atoms. The lowest BCUT2D eigenvalue weighted by atomic mass is 10.2. The van der Waals surface area contributed by atoms with Gasteiger partial charge in [-0.05, 0) is 38.5 Å². The molecule has 0 atom stereocenters. The Kier molecular flexibility index (Phi) is 5.08. The zero-order chi connectivity index (χ0) is 17.2. The highest BCUT2D eigenvalue weighted by molar-refractivity contribution is 7.89. The molecule has 9 heteroatoms. The first-order valence-electron chi connectivity index (χ1n) is 6.70. The molecule has 0 aliphatic heterocycles. The summed E-state index contributed by atoms with van der Waals surface area (Å²) >= 11 is 5.97. The van der Waals surface area contributed by atoms with Gasteiger partial charge < -0.3 is 9.84 Å². The molecule has 0 aliphatic rings. The third-order valence-electron chi connectivity index (χ3n) is 3.20. The number of nitrogens with zero attached hydrogens (tertiary/aromatic N) is 1. The second-order valence-corrected chi connectivity index (χ2v) is 7.05. The summed E-state index contributed by atoms with van der Waals surface area (Å²) in [7, 11) is -3.88. The van der Waals surface area contributed by atoms with Crippen LogP contribution in [0.3, 0.4) is 0 Å². The van der Waals surface area contributed by atoms with Crippen LogP contribution in [0.2, 0.25) is 5.02 Å². The monoisotopic (exact) mass is 357 g/mol. The average Bonchev–Trinajstić information content (AvgIpc) is 2.82. The van der Waals surface area contributed by atoms with Gasteiger partial charge in [0.25, 0.3) is 0 Å². The van der Waals surface area contributed by atoms with Crippen molar-refractivity contribution < 1.29 is 17.7 Å². The summed E-state index contributed by atoms with van der Waals surface area (Å²) in [6, 6.07) is 5.08. The van der Waals surface area contributed by atoms with E-state index in [2.05, 4.69) is 15.2 Å². The Morgan fingerprint density at radius 3 is 2.61 bits per heavy atom. The summed E-state index contributed by atoms with van der Waals surface area (Å²) in [6.07, 6.45) is 0. The Balaban J connectivity index is 2.06. The van der Waals surface area contributed by atoms with Crippen LogP contribution in [0, 0.1) is 20.8 Å². The predicted octanol–water partition coefficient (Wildman–Crippen LogP) is 2.17. The third-order valence-corrected chi connectivity index (χ3v) is 5.26. The molecule has 2 aromatic rings. The van der Waals surface area contributed by atoms with Crippen molar-refractivity contribution >= 4 is 33.2 Å². The maximum absolute atomic E-state index is 12.2. The third kappa shape index (κ3) is 3.90. The van der Waals surface area contributed by atoms with E-state index in [1.54, 1.807) is 25.1 Å². The molecule has 0 spiro atoms. The van der Waals surface area contributed by atoms with E-state index in [1.807, 2.05) is 0 Å². The summed E-state index contributed by atoms with van der Waals surface area (Å²) in [5.41, 5.74) is 1.47. The lowest BCUT2D eigenvalue weighted by Gasteiger charge is -2.10. The highest BCUT2D eigenvalue weighted by atomic mass is 35.5. The van der Waals surface area contributed by atoms with Gasteiger partial charge in [-0.2, -0.15) is 0 Å². The first-order chi connectivity index (χ1) is 10.7. The molecule has 0 radical (unpaired) electrons. The fourth-order valence-corrected chi connectivity index (χ4v) is 3.51. The Bertz CT molecular complexity index is 826. The van der Waals surface area contributed by atoms with Crippen LogP contribution in [0.15, 0.2) is 27.6 Å². The number of hydrogen-bond acceptors (Lipinski definition) is 5. The van der Waals surface area contributed by atoms with Gasteiger partial charge in [0.1, 0.15) is 10.6 Å². The smallest absolute Gasteiger partial charge is 0.246 e. The number of hydrogen-bond donors (Lipinski definition) is 2. The minimum absolute atomic E-state index is 0.0516. The summed E-state index contributed by atoms with van der Waals surface area (Å²) in [4.78, 5) is 11.9. The van der Waals surface area contributed by atoms with Crippen molar-refractivity contribution in [1.82, 2.24) is 9.88 Å². The molecular weight excluding hydrogens is 342 g/mol. The summed E-state index contributed by atoms with van der Waals surface area (Å²) in [5.74, 6) is -0.341. The molecule has 0 aliphatic carbocycles. The molecule has 1 aromatic carbocycles. The van der Waals surface area contributed by atoms with Crippen LogP contribution in [-0.4, -0.2) is 26.0 Å². The van der Waals surface area contributed by atoms with E-state index in [1.165, 1.54) is 13.8 Å². The van der Waals surface area contributed by atoms with Gasteiger partial charge in [-0.1, -0.05) is 22.8 Å². The van der Waals surface area contributed by atoms with E-state index >= 15 is 0 Å². The van der Waals surface area contributed by atoms with E-state index in [9.17, 15) is 13.2 Å². The lowest BCUT2D eigenvalue weighted by molar-refractivity contribution is -0.115. The van der Waals surface area contributed by atoms with Crippen molar-refractivity contribution in [3.63, 3.8) is 0 Å². The highest BCUT2D eigenvalue weighted by Crippen LogP contribution is 2.23. The molecule has 0 fully saturated rings. The van der Waals surface area contributed by atoms with Crippen molar-refractivity contribution in [1.29, 1.82) is 0 Å². The van der Waals surface area contributed by atoms with Gasteiger partial charge in [0.2, 0.25) is 15.9 Å². The van der Waals surface area contributed by atoms with E-state index in [0.717, 1.165) is 0 Å². The number of halogens is 1. The van der Waals surface area contributed by atoms with Crippen molar-refractivity contribution in [3.8, 4) is 0 Å². The Labute approximate surface area is 139 Å². The van der Waals surface area contributed by atoms with Crippen molar-refractivity contribution in [2.24, 2.45) is 0 Å². The fraction of sp³-hybridized carbons (Fsp3) is 0.286. The van der Waals surface area contributed by atoms with E-state index in [4.69, 9.17) is 16.1 Å². The molecule has 2 rings (SSSR count). The number of aromatic nitrogens is 1. The van der Waals surface area contributed by atoms with Crippen LogP contribution >= 0.6 is 11.6 Å². The number of nitrogens with one attached hydrogen (secondary N) is 2. The zero-order valence-corrected chi connectivity index (χ0v) is 14.4. The first kappa shape index (κ1) is 17.5. The maximum atomic E-state index is 12.2. The lowest BCUT2D eigenvalue weighted by Crippen LogP contribution is -2.33. The predicted molar refractivity (Wildman–Crippen MR) is 86.0 cm³/mol. The largest absolute Gasteiger partial charge is 0.360 e. The van der Waals surface area contributed by atoms with Crippen molar-refractivity contribution in [2.75, 3.05) is 11.9 Å². The topological polar surface area (TPSA) is 101 Å². The standard InChI is InChI=1S/C14H16ClN3O4S/c1-8-11(15)5-4-6-12(8)17-13(19)7-16-23(20,21)14-9(2)18-22-10(14)3/h4-6,16H,7H2,1-3H3,(H,17,19). The summed E-state index contributed by atoms with van der Waals surface area (Å²) < 4.78 is 31.5. The Morgan fingerprint density at radius 2 is 2.00 bits per heavy atom. The first-order valence-corrected chi connectivity index (χ1v) is 8.56. The van der Waals surface area contributed by atoms with E-state index in [-0.39, 0.29) is 16.3 Å². The molecule has 1 heterocycles. The number of sulfonamides is 1. The molecular formula is C14H16ClN3O4S. The maximum Gasteiger partial charge on any atom is 0.246 e. The van der Waals surface area contributed by atoms with Gasteiger partial charge in [-0.25, -0.2) is 13.1 Å². The minimum atomic E-state index is -3.88. The van der Waals surface area contributed by atoms with Gasteiger partial charge in [0, 0.05) is 10.7 Å². The number of amides is 1. The van der Waals surface area contributed by atoms with Crippen LogP contribution in [0.25, 0.3) is 0 Å². The molecule has 23 heavy (non-hydrogen) atoms. The second kappa shape index (κ2) is 6.69. The molecule has 1 aromatic heterocycles. The average molecular weight is 358 g/mol. The van der Waals surface area contributed by atoms with Crippen molar-refractivity contribution in [3.05, 3.63) is 40.2 Å². The molecule has 124 valence electrons. The molecule has 0 unspecified atom stereocenters. The molecule has 7 nitrogen and oxygen atoms in total. The van der Waals surface area contributed by atoms with Gasteiger partial charge in [0.15, 0.2) is 5.76 Å². The minimum Gasteiger partial charge on any atom is -0.360 e. The number of anilines is 1. The highest BCUT2D eigenvalue weighted by Gasteiger charge is 2.24. The Morgan fingerprint density at radius 1 is 1.30 bits per heavy atom. The number of aryl methyl sites for hydroxylation is 2. The van der Waals surface area contributed by atoms with Crippen LogP contribution in [0.1, 0.15) is 17.0 Å². The molecule has 0 saturated heterocycles. The fourth-order valence-electron chi connectivity index (χ4n) is 2.03. The van der Waals surface area contributed by atoms with Crippen LogP contribution in [0.5, 0.6) is 0 Å². The molecule has 1 amide bonds. The number of benzene rings is 1. The summed E-state index contributed by atoms with van der Waals surface area (Å²) in [5, 5.41) is 6.71. The molecule has 2 N–H and O–H groups in total. The zero-order valence-electron chi connectivity index (χ0n) is 12.8. The summed E-state index contributed by atoms with van der Waals surface area (Å²) in [6.45, 7) is 4.34. The number of rotatable bonds is 5. The van der Waals surface area contributed by atoms with Gasteiger partial charge in [-0.15, -0.1) is 0 Å². The van der Waals surface area contributed by atoms with Crippen LogP contribution in [0.4, 0.5) is 5.69 Å². The van der Waals surface area contributed by atoms with Crippen LogP contribution in [-0.2, 0) is 14.8 Å². The molecule has 0 saturated carbocycles.